The SMILES string of the molecule is CC(=O)Nc1ccc(C(=O)NNC(=S)NC(=O)C(C)C)cc1. The molecule has 0 atom stereocenters. The first-order valence-corrected chi connectivity index (χ1v) is 6.99. The van der Waals surface area contributed by atoms with E-state index in [2.05, 4.69) is 21.5 Å². The number of carbonyl (C=O) groups excluding carboxylic acids is 3. The summed E-state index contributed by atoms with van der Waals surface area (Å²) in [5.74, 6) is -1.07. The zero-order valence-corrected chi connectivity index (χ0v) is 13.3. The average Bonchev–Trinajstić information content (AvgIpc) is 2.44. The van der Waals surface area contributed by atoms with Crippen LogP contribution >= 0.6 is 12.2 Å². The van der Waals surface area contributed by atoms with Crippen molar-refractivity contribution in [2.75, 3.05) is 5.32 Å². The number of anilines is 1. The lowest BCUT2D eigenvalue weighted by Crippen LogP contribution is -2.49. The van der Waals surface area contributed by atoms with Crippen LogP contribution in [0.3, 0.4) is 0 Å². The minimum atomic E-state index is -0.421. The van der Waals surface area contributed by atoms with Crippen LogP contribution in [0, 0.1) is 5.92 Å². The number of hydrogen-bond donors (Lipinski definition) is 4. The molecule has 0 heterocycles. The summed E-state index contributed by atoms with van der Waals surface area (Å²) in [4.78, 5) is 34.2. The Hall–Kier alpha value is -2.48. The Kier molecular flexibility index (Phi) is 6.46. The van der Waals surface area contributed by atoms with Crippen LogP contribution in [0.2, 0.25) is 0 Å². The summed E-state index contributed by atoms with van der Waals surface area (Å²) in [6.45, 7) is 4.86. The molecular weight excluding hydrogens is 304 g/mol. The van der Waals surface area contributed by atoms with Crippen molar-refractivity contribution in [1.29, 1.82) is 0 Å². The molecule has 1 aromatic rings. The number of thiocarbonyl (C=S) groups is 1. The number of hydrogen-bond acceptors (Lipinski definition) is 4. The Bertz CT molecular complexity index is 584. The van der Waals surface area contributed by atoms with Gasteiger partial charge in [0.1, 0.15) is 0 Å². The molecule has 1 rings (SSSR count). The Morgan fingerprint density at radius 3 is 2.14 bits per heavy atom. The van der Waals surface area contributed by atoms with Gasteiger partial charge in [-0.1, -0.05) is 13.8 Å². The zero-order valence-electron chi connectivity index (χ0n) is 12.5. The maximum Gasteiger partial charge on any atom is 0.269 e. The molecule has 0 aliphatic heterocycles. The first kappa shape index (κ1) is 17.6. The van der Waals surface area contributed by atoms with Crippen LogP contribution in [-0.4, -0.2) is 22.8 Å². The highest BCUT2D eigenvalue weighted by atomic mass is 32.1. The van der Waals surface area contributed by atoms with E-state index in [1.54, 1.807) is 38.1 Å². The third-order valence-electron chi connectivity index (χ3n) is 2.52. The van der Waals surface area contributed by atoms with Gasteiger partial charge < -0.3 is 10.6 Å². The van der Waals surface area contributed by atoms with Crippen molar-refractivity contribution in [2.24, 2.45) is 5.92 Å². The van der Waals surface area contributed by atoms with Crippen molar-refractivity contribution >= 4 is 40.7 Å². The van der Waals surface area contributed by atoms with E-state index in [4.69, 9.17) is 12.2 Å². The van der Waals surface area contributed by atoms with E-state index in [-0.39, 0.29) is 22.8 Å². The van der Waals surface area contributed by atoms with Gasteiger partial charge in [0.15, 0.2) is 5.11 Å². The number of carbonyl (C=O) groups is 3. The molecule has 1 aromatic carbocycles. The fraction of sp³-hybridized carbons (Fsp3) is 0.286. The molecule has 0 radical (unpaired) electrons. The number of amides is 3. The van der Waals surface area contributed by atoms with Crippen molar-refractivity contribution in [3.63, 3.8) is 0 Å². The highest BCUT2D eigenvalue weighted by molar-refractivity contribution is 7.80. The second kappa shape index (κ2) is 8.08. The van der Waals surface area contributed by atoms with Gasteiger partial charge in [-0.2, -0.15) is 0 Å². The Labute approximate surface area is 133 Å². The first-order valence-electron chi connectivity index (χ1n) is 6.58. The third-order valence-corrected chi connectivity index (χ3v) is 2.72. The first-order chi connectivity index (χ1) is 10.3. The molecule has 0 aliphatic rings. The Balaban J connectivity index is 2.50. The summed E-state index contributed by atoms with van der Waals surface area (Å²) in [6.07, 6.45) is 0. The molecule has 4 N–H and O–H groups in total. The monoisotopic (exact) mass is 322 g/mol. The van der Waals surface area contributed by atoms with Crippen LogP contribution in [0.5, 0.6) is 0 Å². The van der Waals surface area contributed by atoms with Crippen molar-refractivity contribution in [3.8, 4) is 0 Å². The van der Waals surface area contributed by atoms with E-state index in [1.165, 1.54) is 6.92 Å². The second-order valence-electron chi connectivity index (χ2n) is 4.81. The molecule has 8 heteroatoms. The third kappa shape index (κ3) is 5.88. The Morgan fingerprint density at radius 2 is 1.64 bits per heavy atom. The topological polar surface area (TPSA) is 99.3 Å². The summed E-state index contributed by atoms with van der Waals surface area (Å²) >= 11 is 4.88. The molecule has 0 bridgehead atoms. The number of nitrogens with one attached hydrogen (secondary N) is 4. The summed E-state index contributed by atoms with van der Waals surface area (Å²) in [6, 6.07) is 6.32. The van der Waals surface area contributed by atoms with Crippen LogP contribution in [-0.2, 0) is 9.59 Å². The molecule has 3 amide bonds. The zero-order chi connectivity index (χ0) is 16.7. The minimum absolute atomic E-state index is 0.0157. The second-order valence-corrected chi connectivity index (χ2v) is 5.22. The molecular formula is C14H18N4O3S. The van der Waals surface area contributed by atoms with Gasteiger partial charge in [-0.3, -0.25) is 25.2 Å². The van der Waals surface area contributed by atoms with Gasteiger partial charge in [0.25, 0.3) is 5.91 Å². The highest BCUT2D eigenvalue weighted by Gasteiger charge is 2.10. The van der Waals surface area contributed by atoms with E-state index < -0.39 is 5.91 Å². The summed E-state index contributed by atoms with van der Waals surface area (Å²) in [5.41, 5.74) is 5.78. The van der Waals surface area contributed by atoms with E-state index in [0.717, 1.165) is 0 Å². The van der Waals surface area contributed by atoms with Gasteiger partial charge in [-0.15, -0.1) is 0 Å². The number of rotatable bonds is 3. The maximum absolute atomic E-state index is 11.9. The van der Waals surface area contributed by atoms with Gasteiger partial charge in [0.2, 0.25) is 11.8 Å². The summed E-state index contributed by atoms with van der Waals surface area (Å²) < 4.78 is 0. The maximum atomic E-state index is 11.9. The molecule has 0 saturated carbocycles. The number of hydrazine groups is 1. The predicted molar refractivity (Wildman–Crippen MR) is 86.9 cm³/mol. The van der Waals surface area contributed by atoms with Crippen LogP contribution in [0.15, 0.2) is 24.3 Å². The van der Waals surface area contributed by atoms with Gasteiger partial charge in [0, 0.05) is 24.1 Å². The largest absolute Gasteiger partial charge is 0.326 e. The van der Waals surface area contributed by atoms with Crippen molar-refractivity contribution in [3.05, 3.63) is 29.8 Å². The van der Waals surface area contributed by atoms with Gasteiger partial charge in [-0.05, 0) is 36.5 Å². The smallest absolute Gasteiger partial charge is 0.269 e. The fourth-order valence-electron chi connectivity index (χ4n) is 1.38. The predicted octanol–water partition coefficient (Wildman–Crippen LogP) is 0.936. The lowest BCUT2D eigenvalue weighted by molar-refractivity contribution is -0.122. The van der Waals surface area contributed by atoms with Gasteiger partial charge in [-0.25, -0.2) is 0 Å². The summed E-state index contributed by atoms with van der Waals surface area (Å²) in [5, 5.41) is 5.05. The molecule has 22 heavy (non-hydrogen) atoms. The lowest BCUT2D eigenvalue weighted by atomic mass is 10.2. The van der Waals surface area contributed by atoms with E-state index in [0.29, 0.717) is 11.3 Å². The van der Waals surface area contributed by atoms with E-state index >= 15 is 0 Å². The van der Waals surface area contributed by atoms with Crippen LogP contribution < -0.4 is 21.5 Å². The van der Waals surface area contributed by atoms with Crippen molar-refractivity contribution in [2.45, 2.75) is 20.8 Å². The fourth-order valence-corrected chi connectivity index (χ4v) is 1.53. The van der Waals surface area contributed by atoms with Crippen molar-refractivity contribution < 1.29 is 14.4 Å². The molecule has 0 unspecified atom stereocenters. The van der Waals surface area contributed by atoms with Crippen LogP contribution in [0.25, 0.3) is 0 Å². The van der Waals surface area contributed by atoms with Crippen molar-refractivity contribution in [1.82, 2.24) is 16.2 Å². The molecule has 0 fully saturated rings. The van der Waals surface area contributed by atoms with E-state index in [9.17, 15) is 14.4 Å². The molecule has 0 saturated heterocycles. The summed E-state index contributed by atoms with van der Waals surface area (Å²) in [7, 11) is 0. The normalized spacial score (nSPS) is 9.82. The van der Waals surface area contributed by atoms with Gasteiger partial charge >= 0.3 is 0 Å². The lowest BCUT2D eigenvalue weighted by Gasteiger charge is -2.12. The standard InChI is InChI=1S/C14H18N4O3S/c1-8(2)12(20)16-14(22)18-17-13(21)10-4-6-11(7-5-10)15-9(3)19/h4-8H,1-3H3,(H,15,19)(H,17,21)(H2,16,18,20,22). The Morgan fingerprint density at radius 1 is 1.05 bits per heavy atom. The molecule has 0 aromatic heterocycles. The van der Waals surface area contributed by atoms with Gasteiger partial charge in [0.05, 0.1) is 0 Å². The average molecular weight is 322 g/mol. The minimum Gasteiger partial charge on any atom is -0.326 e. The molecule has 0 spiro atoms. The van der Waals surface area contributed by atoms with E-state index in [1.807, 2.05) is 0 Å². The highest BCUT2D eigenvalue weighted by Crippen LogP contribution is 2.09. The van der Waals surface area contributed by atoms with Crippen LogP contribution in [0.4, 0.5) is 5.69 Å². The number of benzene rings is 1. The molecule has 7 nitrogen and oxygen atoms in total. The molecule has 118 valence electrons. The van der Waals surface area contributed by atoms with Crippen LogP contribution in [0.1, 0.15) is 31.1 Å². The quantitative estimate of drug-likeness (QED) is 0.490. The molecule has 0 aliphatic carbocycles.